The van der Waals surface area contributed by atoms with Gasteiger partial charge >= 0.3 is 0 Å². The van der Waals surface area contributed by atoms with Crippen molar-refractivity contribution in [1.29, 1.82) is 0 Å². The van der Waals surface area contributed by atoms with Crippen molar-refractivity contribution in [3.63, 3.8) is 0 Å². The van der Waals surface area contributed by atoms with Crippen molar-refractivity contribution >= 4 is 35.3 Å². The standard InChI is InChI=1S/C19H14FN2O.C18H24NSi.Ir/c1-11(2)12-7-9-21-16(10-12)13-5-6-15(20)17-14-4-3-8-22-19(14)23-18(13)17;1-14(2)11-16-12-17(15-9-7-6-8-10-15)19-13-18(16)20(3,4)5;/h3-4,6-11H,1-2H3;6-9,12-14H,11H2,1-5H3;/q2*-1;. The molecule has 7 heteroatoms. The van der Waals surface area contributed by atoms with Crippen LogP contribution in [0.15, 0.2) is 83.7 Å². The molecule has 0 aliphatic carbocycles. The fraction of sp³-hybridized carbons (Fsp3) is 0.270. The molecule has 0 spiro atoms. The Kier molecular flexibility index (Phi) is 10.7. The van der Waals surface area contributed by atoms with Crippen LogP contribution in [0.1, 0.15) is 44.7 Å². The fourth-order valence-corrected chi connectivity index (χ4v) is 6.82. The van der Waals surface area contributed by atoms with E-state index in [2.05, 4.69) is 92.8 Å². The molecule has 0 unspecified atom stereocenters. The molecule has 0 fully saturated rings. The molecule has 0 atom stereocenters. The summed E-state index contributed by atoms with van der Waals surface area (Å²) in [5, 5.41) is 2.58. The normalized spacial score (nSPS) is 11.5. The van der Waals surface area contributed by atoms with Gasteiger partial charge in [0.25, 0.3) is 0 Å². The number of nitrogens with zero attached hydrogens (tertiary/aromatic N) is 3. The van der Waals surface area contributed by atoms with E-state index in [1.54, 1.807) is 24.5 Å². The summed E-state index contributed by atoms with van der Waals surface area (Å²) in [5.74, 6) is 0.681. The SMILES string of the molecule is CC(C)Cc1cc(-c2[c-]cccc2)ncc1[Si](C)(C)C.CC(C)c1ccnc(-c2[c-]cc(F)c3c2oc2ncccc23)c1.[Ir]. The van der Waals surface area contributed by atoms with Crippen LogP contribution in [0.5, 0.6) is 0 Å². The quantitative estimate of drug-likeness (QED) is 0.125. The predicted octanol–water partition coefficient (Wildman–Crippen LogP) is 9.40. The van der Waals surface area contributed by atoms with Gasteiger partial charge in [-0.15, -0.1) is 48.0 Å². The van der Waals surface area contributed by atoms with E-state index < -0.39 is 8.07 Å². The third-order valence-electron chi connectivity index (χ3n) is 7.39. The molecule has 0 N–H and O–H groups in total. The van der Waals surface area contributed by atoms with Gasteiger partial charge in [-0.3, -0.25) is 4.39 Å². The molecule has 0 amide bonds. The molecular formula is C37H38FIrN3OSi-2. The summed E-state index contributed by atoms with van der Waals surface area (Å²) in [6.07, 6.45) is 6.63. The molecule has 6 rings (SSSR count). The maximum Gasteiger partial charge on any atom is 0.216 e. The molecule has 6 aromatic rings. The van der Waals surface area contributed by atoms with Crippen LogP contribution >= 0.6 is 0 Å². The van der Waals surface area contributed by atoms with Crippen LogP contribution in [0.4, 0.5) is 4.39 Å². The van der Waals surface area contributed by atoms with E-state index in [4.69, 9.17) is 4.42 Å². The number of aromatic nitrogens is 3. The predicted molar refractivity (Wildman–Crippen MR) is 178 cm³/mol. The number of furan rings is 1. The summed E-state index contributed by atoms with van der Waals surface area (Å²) >= 11 is 0. The molecule has 0 saturated heterocycles. The number of pyridine rings is 3. The summed E-state index contributed by atoms with van der Waals surface area (Å²) < 4.78 is 20.1. The van der Waals surface area contributed by atoms with Crippen LogP contribution in [0.25, 0.3) is 44.6 Å². The molecule has 0 aliphatic rings. The van der Waals surface area contributed by atoms with Gasteiger partial charge in [0.2, 0.25) is 5.71 Å². The first kappa shape index (κ1) is 33.4. The Labute approximate surface area is 274 Å². The van der Waals surface area contributed by atoms with Crippen molar-refractivity contribution < 1.29 is 28.9 Å². The first-order chi connectivity index (χ1) is 20.5. The van der Waals surface area contributed by atoms with Crippen molar-refractivity contribution in [3.05, 3.63) is 108 Å². The number of fused-ring (bicyclic) bond motifs is 3. The smallest absolute Gasteiger partial charge is 0.216 e. The van der Waals surface area contributed by atoms with Crippen LogP contribution in [-0.2, 0) is 26.5 Å². The van der Waals surface area contributed by atoms with Gasteiger partial charge in [-0.25, -0.2) is 4.98 Å². The molecule has 4 nitrogen and oxygen atoms in total. The Hall–Kier alpha value is -3.51. The van der Waals surface area contributed by atoms with Crippen molar-refractivity contribution in [1.82, 2.24) is 15.0 Å². The van der Waals surface area contributed by atoms with E-state index in [0.29, 0.717) is 39.5 Å². The second-order valence-electron chi connectivity index (χ2n) is 12.7. The first-order valence-electron chi connectivity index (χ1n) is 14.8. The third kappa shape index (κ3) is 7.40. The van der Waals surface area contributed by atoms with Crippen LogP contribution in [0.2, 0.25) is 19.6 Å². The van der Waals surface area contributed by atoms with Crippen LogP contribution in [0.3, 0.4) is 0 Å². The molecule has 0 aliphatic heterocycles. The van der Waals surface area contributed by atoms with E-state index in [1.165, 1.54) is 16.8 Å². The topological polar surface area (TPSA) is 51.8 Å². The molecule has 0 bridgehead atoms. The largest absolute Gasteiger partial charge is 0.486 e. The van der Waals surface area contributed by atoms with Gasteiger partial charge in [-0.1, -0.05) is 76.2 Å². The number of benzene rings is 2. The van der Waals surface area contributed by atoms with Gasteiger partial charge in [-0.2, -0.15) is 0 Å². The molecule has 229 valence electrons. The molecule has 0 saturated carbocycles. The Morgan fingerprint density at radius 1 is 0.886 bits per heavy atom. The molecule has 2 aromatic carbocycles. The summed E-state index contributed by atoms with van der Waals surface area (Å²) in [4.78, 5) is 13.3. The monoisotopic (exact) mass is 780 g/mol. The van der Waals surface area contributed by atoms with Crippen molar-refractivity contribution in [2.24, 2.45) is 5.92 Å². The van der Waals surface area contributed by atoms with Crippen molar-refractivity contribution in [3.8, 4) is 22.5 Å². The van der Waals surface area contributed by atoms with Gasteiger partial charge in [0, 0.05) is 49.9 Å². The maximum atomic E-state index is 14.3. The Morgan fingerprint density at radius 3 is 2.36 bits per heavy atom. The summed E-state index contributed by atoms with van der Waals surface area (Å²) in [5.41, 5.74) is 7.00. The molecule has 44 heavy (non-hydrogen) atoms. The minimum Gasteiger partial charge on any atom is -0.486 e. The zero-order chi connectivity index (χ0) is 30.7. The first-order valence-corrected chi connectivity index (χ1v) is 18.3. The maximum absolute atomic E-state index is 14.3. The number of hydrogen-bond donors (Lipinski definition) is 0. The Morgan fingerprint density at radius 2 is 1.68 bits per heavy atom. The van der Waals surface area contributed by atoms with Gasteiger partial charge in [0.15, 0.2) is 0 Å². The second-order valence-corrected chi connectivity index (χ2v) is 17.7. The van der Waals surface area contributed by atoms with Crippen molar-refractivity contribution in [2.45, 2.75) is 59.7 Å². The fourth-order valence-electron chi connectivity index (χ4n) is 5.23. The molecule has 1 radical (unpaired) electrons. The van der Waals surface area contributed by atoms with Gasteiger partial charge in [0.1, 0.15) is 0 Å². The van der Waals surface area contributed by atoms with Crippen molar-refractivity contribution in [2.75, 3.05) is 0 Å². The Bertz CT molecular complexity index is 1860. The minimum absolute atomic E-state index is 0. The summed E-state index contributed by atoms with van der Waals surface area (Å²) in [7, 11) is -1.34. The number of rotatable bonds is 6. The van der Waals surface area contributed by atoms with E-state index in [9.17, 15) is 4.39 Å². The zero-order valence-electron chi connectivity index (χ0n) is 26.3. The third-order valence-corrected chi connectivity index (χ3v) is 9.46. The second kappa shape index (κ2) is 14.1. The average Bonchev–Trinajstić information content (AvgIpc) is 3.38. The number of hydrogen-bond acceptors (Lipinski definition) is 4. The average molecular weight is 780 g/mol. The van der Waals surface area contributed by atoms with E-state index >= 15 is 0 Å². The van der Waals surface area contributed by atoms with Crippen LogP contribution < -0.4 is 5.19 Å². The van der Waals surface area contributed by atoms with Gasteiger partial charge in [-0.05, 0) is 58.4 Å². The Balaban J connectivity index is 0.000000199. The minimum atomic E-state index is -1.34. The van der Waals surface area contributed by atoms with E-state index in [0.717, 1.165) is 28.9 Å². The molecule has 4 heterocycles. The van der Waals surface area contributed by atoms with E-state index in [1.807, 2.05) is 30.3 Å². The summed E-state index contributed by atoms with van der Waals surface area (Å²) in [6, 6.07) is 25.5. The zero-order valence-corrected chi connectivity index (χ0v) is 29.7. The van der Waals surface area contributed by atoms with Crippen LogP contribution in [-0.4, -0.2) is 23.0 Å². The number of halogens is 1. The van der Waals surface area contributed by atoms with E-state index in [-0.39, 0.29) is 25.9 Å². The van der Waals surface area contributed by atoms with Crippen LogP contribution in [0, 0.1) is 23.9 Å². The summed E-state index contributed by atoms with van der Waals surface area (Å²) in [6.45, 7) is 16.0. The van der Waals surface area contributed by atoms with Gasteiger partial charge in [0.05, 0.1) is 13.7 Å². The van der Waals surface area contributed by atoms with Gasteiger partial charge < -0.3 is 14.4 Å². The molecule has 4 aromatic heterocycles. The molecular weight excluding hydrogens is 742 g/mol.